The van der Waals surface area contributed by atoms with Gasteiger partial charge in [0.25, 0.3) is 0 Å². The Balaban J connectivity index is 2.41. The predicted octanol–water partition coefficient (Wildman–Crippen LogP) is 2.75. The van der Waals surface area contributed by atoms with Crippen molar-refractivity contribution in [2.24, 2.45) is 0 Å². The van der Waals surface area contributed by atoms with Gasteiger partial charge in [-0.3, -0.25) is 10.1 Å². The minimum Gasteiger partial charge on any atom is -0.361 e. The molecular formula is C14H21N5O2. The van der Waals surface area contributed by atoms with Crippen LogP contribution in [0.3, 0.4) is 0 Å². The minimum absolute atomic E-state index is 0.0419. The van der Waals surface area contributed by atoms with E-state index in [2.05, 4.69) is 33.7 Å². The largest absolute Gasteiger partial charge is 0.361 e. The molecule has 1 aliphatic heterocycles. The van der Waals surface area contributed by atoms with Gasteiger partial charge in [0.15, 0.2) is 0 Å². The Bertz CT molecular complexity index is 520. The molecule has 0 spiro atoms. The van der Waals surface area contributed by atoms with E-state index < -0.39 is 4.92 Å². The lowest BCUT2D eigenvalue weighted by Gasteiger charge is -2.35. The molecule has 0 aliphatic carbocycles. The van der Waals surface area contributed by atoms with Crippen molar-refractivity contribution in [2.45, 2.75) is 38.6 Å². The molecule has 2 rings (SSSR count). The van der Waals surface area contributed by atoms with Gasteiger partial charge in [0.05, 0.1) is 4.92 Å². The maximum absolute atomic E-state index is 11.5. The number of nitrogens with one attached hydrogen (secondary N) is 1. The van der Waals surface area contributed by atoms with Gasteiger partial charge < -0.3 is 10.2 Å². The molecule has 1 aromatic rings. The summed E-state index contributed by atoms with van der Waals surface area (Å²) in [6.45, 7) is 6.93. The molecule has 1 saturated heterocycles. The molecule has 2 heterocycles. The summed E-state index contributed by atoms with van der Waals surface area (Å²) in [4.78, 5) is 21.3. The van der Waals surface area contributed by atoms with Crippen molar-refractivity contribution >= 4 is 17.3 Å². The zero-order chi connectivity index (χ0) is 15.2. The summed E-state index contributed by atoms with van der Waals surface area (Å²) < 4.78 is 0. The van der Waals surface area contributed by atoms with Crippen LogP contribution in [-0.2, 0) is 0 Å². The average Bonchev–Trinajstić information content (AvgIpc) is 2.52. The zero-order valence-corrected chi connectivity index (χ0v) is 12.3. The van der Waals surface area contributed by atoms with Crippen LogP contribution < -0.4 is 10.2 Å². The summed E-state index contributed by atoms with van der Waals surface area (Å²) in [6.07, 6.45) is 7.22. The lowest BCUT2D eigenvalue weighted by molar-refractivity contribution is -0.383. The smallest absolute Gasteiger partial charge is 0.353 e. The number of nitro groups is 1. The molecule has 7 nitrogen and oxygen atoms in total. The SMILES string of the molecule is C=CCNc1ncnc(N2CCCCC2CC)c1[N+](=O)[O-]. The maximum Gasteiger partial charge on any atom is 0.353 e. The fourth-order valence-electron chi connectivity index (χ4n) is 2.75. The van der Waals surface area contributed by atoms with Gasteiger partial charge in [-0.25, -0.2) is 9.97 Å². The first-order chi connectivity index (χ1) is 10.2. The average molecular weight is 291 g/mol. The summed E-state index contributed by atoms with van der Waals surface area (Å²) in [5, 5.41) is 14.4. The van der Waals surface area contributed by atoms with Gasteiger partial charge in [-0.2, -0.15) is 0 Å². The molecule has 0 amide bonds. The van der Waals surface area contributed by atoms with Crippen LogP contribution in [0.2, 0.25) is 0 Å². The van der Waals surface area contributed by atoms with Crippen molar-refractivity contribution in [1.29, 1.82) is 0 Å². The molecule has 0 saturated carbocycles. The van der Waals surface area contributed by atoms with Crippen molar-refractivity contribution in [3.8, 4) is 0 Å². The monoisotopic (exact) mass is 291 g/mol. The van der Waals surface area contributed by atoms with Crippen molar-refractivity contribution in [1.82, 2.24) is 9.97 Å². The second-order valence-electron chi connectivity index (χ2n) is 5.07. The van der Waals surface area contributed by atoms with E-state index in [0.29, 0.717) is 18.4 Å². The fraction of sp³-hybridized carbons (Fsp3) is 0.571. The van der Waals surface area contributed by atoms with Crippen LogP contribution in [0.5, 0.6) is 0 Å². The Kier molecular flexibility index (Phi) is 5.08. The normalized spacial score (nSPS) is 18.3. The van der Waals surface area contributed by atoms with Crippen LogP contribution in [0, 0.1) is 10.1 Å². The summed E-state index contributed by atoms with van der Waals surface area (Å²) in [6, 6.07) is 0.305. The number of rotatable bonds is 6. The van der Waals surface area contributed by atoms with E-state index in [1.165, 1.54) is 6.33 Å². The highest BCUT2D eigenvalue weighted by molar-refractivity contribution is 5.70. The molecule has 21 heavy (non-hydrogen) atoms. The lowest BCUT2D eigenvalue weighted by Crippen LogP contribution is -2.40. The van der Waals surface area contributed by atoms with Crippen LogP contribution in [0.4, 0.5) is 17.3 Å². The Morgan fingerprint density at radius 3 is 3.05 bits per heavy atom. The third kappa shape index (κ3) is 3.29. The first kappa shape index (κ1) is 15.2. The topological polar surface area (TPSA) is 84.2 Å². The summed E-state index contributed by atoms with van der Waals surface area (Å²) >= 11 is 0. The molecule has 1 fully saturated rings. The quantitative estimate of drug-likeness (QED) is 0.493. The number of hydrogen-bond acceptors (Lipinski definition) is 6. The first-order valence-electron chi connectivity index (χ1n) is 7.29. The Morgan fingerprint density at radius 2 is 2.38 bits per heavy atom. The minimum atomic E-state index is -0.401. The van der Waals surface area contributed by atoms with Crippen molar-refractivity contribution in [2.75, 3.05) is 23.3 Å². The van der Waals surface area contributed by atoms with Crippen molar-refractivity contribution in [3.05, 3.63) is 29.1 Å². The number of hydrogen-bond donors (Lipinski definition) is 1. The lowest BCUT2D eigenvalue weighted by atomic mass is 10.00. The van der Waals surface area contributed by atoms with Crippen LogP contribution in [0.25, 0.3) is 0 Å². The number of nitrogens with zero attached hydrogens (tertiary/aromatic N) is 4. The highest BCUT2D eigenvalue weighted by Gasteiger charge is 2.31. The zero-order valence-electron chi connectivity index (χ0n) is 12.3. The van der Waals surface area contributed by atoms with E-state index in [1.807, 2.05) is 0 Å². The molecule has 0 radical (unpaired) electrons. The molecule has 1 N–H and O–H groups in total. The first-order valence-corrected chi connectivity index (χ1v) is 7.29. The van der Waals surface area contributed by atoms with Crippen LogP contribution in [0.1, 0.15) is 32.6 Å². The summed E-state index contributed by atoms with van der Waals surface area (Å²) in [5.74, 6) is 0.679. The number of anilines is 2. The Labute approximate surface area is 124 Å². The van der Waals surface area contributed by atoms with Gasteiger partial charge in [-0.15, -0.1) is 6.58 Å². The molecule has 7 heteroatoms. The van der Waals surface area contributed by atoms with E-state index >= 15 is 0 Å². The molecule has 1 atom stereocenters. The highest BCUT2D eigenvalue weighted by Crippen LogP contribution is 2.35. The third-order valence-electron chi connectivity index (χ3n) is 3.77. The molecular weight excluding hydrogens is 270 g/mol. The Morgan fingerprint density at radius 1 is 1.57 bits per heavy atom. The highest BCUT2D eigenvalue weighted by atomic mass is 16.6. The van der Waals surface area contributed by atoms with Gasteiger partial charge in [-0.1, -0.05) is 13.0 Å². The standard InChI is InChI=1S/C14H21N5O2/c1-3-8-15-13-12(19(20)21)14(17-10-16-13)18-9-6-5-7-11(18)4-2/h3,10-11H,1,4-9H2,2H3,(H,15,16,17). The molecule has 1 aliphatic rings. The molecule has 0 bridgehead atoms. The second kappa shape index (κ2) is 7.01. The van der Waals surface area contributed by atoms with Gasteiger partial charge >= 0.3 is 5.69 Å². The van der Waals surface area contributed by atoms with E-state index in [0.717, 1.165) is 32.2 Å². The van der Waals surface area contributed by atoms with E-state index in [1.54, 1.807) is 6.08 Å². The van der Waals surface area contributed by atoms with Crippen LogP contribution in [-0.4, -0.2) is 34.0 Å². The fourth-order valence-corrected chi connectivity index (χ4v) is 2.75. The molecule has 0 aromatic carbocycles. The van der Waals surface area contributed by atoms with Gasteiger partial charge in [0.2, 0.25) is 11.6 Å². The van der Waals surface area contributed by atoms with Crippen LogP contribution >= 0.6 is 0 Å². The van der Waals surface area contributed by atoms with E-state index in [4.69, 9.17) is 0 Å². The third-order valence-corrected chi connectivity index (χ3v) is 3.77. The summed E-state index contributed by atoms with van der Waals surface area (Å²) in [5.41, 5.74) is -0.0419. The van der Waals surface area contributed by atoms with Gasteiger partial charge in [0, 0.05) is 19.1 Å². The second-order valence-corrected chi connectivity index (χ2v) is 5.07. The number of piperidine rings is 1. The van der Waals surface area contributed by atoms with Gasteiger partial charge in [0.1, 0.15) is 6.33 Å². The van der Waals surface area contributed by atoms with Gasteiger partial charge in [-0.05, 0) is 25.7 Å². The van der Waals surface area contributed by atoms with E-state index in [9.17, 15) is 10.1 Å². The summed E-state index contributed by atoms with van der Waals surface area (Å²) in [7, 11) is 0. The number of aromatic nitrogens is 2. The molecule has 1 aromatic heterocycles. The Hall–Kier alpha value is -2.18. The molecule has 114 valence electrons. The van der Waals surface area contributed by atoms with Crippen molar-refractivity contribution < 1.29 is 4.92 Å². The maximum atomic E-state index is 11.5. The van der Waals surface area contributed by atoms with Crippen molar-refractivity contribution in [3.63, 3.8) is 0 Å². The molecule has 1 unspecified atom stereocenters. The predicted molar refractivity (Wildman–Crippen MR) is 82.6 cm³/mol. The van der Waals surface area contributed by atoms with Crippen LogP contribution in [0.15, 0.2) is 19.0 Å². The van der Waals surface area contributed by atoms with E-state index in [-0.39, 0.29) is 11.5 Å².